The van der Waals surface area contributed by atoms with Crippen molar-refractivity contribution in [2.24, 2.45) is 0 Å². The summed E-state index contributed by atoms with van der Waals surface area (Å²) in [5, 5.41) is 0. The van der Waals surface area contributed by atoms with E-state index < -0.39 is 0 Å². The normalized spacial score (nSPS) is 9.91. The topological polar surface area (TPSA) is 20.3 Å². The van der Waals surface area contributed by atoms with Crippen LogP contribution in [0.2, 0.25) is 0 Å². The van der Waals surface area contributed by atoms with Crippen LogP contribution in [0.4, 0.5) is 4.79 Å². The van der Waals surface area contributed by atoms with Gasteiger partial charge < -0.3 is 4.90 Å². The highest BCUT2D eigenvalue weighted by molar-refractivity contribution is 9.18. The van der Waals surface area contributed by atoms with Crippen molar-refractivity contribution in [3.8, 4) is 0 Å². The van der Waals surface area contributed by atoms with Gasteiger partial charge in [0.2, 0.25) is 0 Å². The number of rotatable bonds is 3. The molecule has 0 spiro atoms. The van der Waals surface area contributed by atoms with Gasteiger partial charge in [0.15, 0.2) is 0 Å². The van der Waals surface area contributed by atoms with Crippen molar-refractivity contribution in [2.75, 3.05) is 6.54 Å². The Hall–Kier alpha value is -0.310. The molecular formula is C8H14BrNO. The predicted octanol–water partition coefficient (Wildman–Crippen LogP) is 2.79. The fourth-order valence-electron chi connectivity index (χ4n) is 0.739. The molecule has 64 valence electrons. The monoisotopic (exact) mass is 219 g/mol. The number of carbonyl (C=O) groups excluding carboxylic acids is 1. The first kappa shape index (κ1) is 10.7. The third kappa shape index (κ3) is 4.19. The van der Waals surface area contributed by atoms with Crippen molar-refractivity contribution in [3.05, 3.63) is 12.2 Å². The Kier molecular flexibility index (Phi) is 4.42. The number of halogens is 1. The average molecular weight is 220 g/mol. The molecule has 0 atom stereocenters. The van der Waals surface area contributed by atoms with E-state index in [-0.39, 0.29) is 10.9 Å². The van der Waals surface area contributed by atoms with Gasteiger partial charge in [-0.15, -0.1) is 0 Å². The lowest BCUT2D eigenvalue weighted by molar-refractivity contribution is 0.216. The molecule has 0 radical (unpaired) electrons. The molecular weight excluding hydrogens is 206 g/mol. The summed E-state index contributed by atoms with van der Waals surface area (Å²) in [6, 6.07) is 0.221. The molecule has 0 rings (SSSR count). The van der Waals surface area contributed by atoms with Gasteiger partial charge in [0.25, 0.3) is 4.82 Å². The summed E-state index contributed by atoms with van der Waals surface area (Å²) in [5.41, 5.74) is 0.992. The molecule has 0 aromatic rings. The summed E-state index contributed by atoms with van der Waals surface area (Å²) < 4.78 is 0. The van der Waals surface area contributed by atoms with E-state index in [9.17, 15) is 4.79 Å². The van der Waals surface area contributed by atoms with Crippen LogP contribution >= 0.6 is 15.9 Å². The molecule has 0 aliphatic heterocycles. The van der Waals surface area contributed by atoms with E-state index in [1.807, 2.05) is 20.8 Å². The van der Waals surface area contributed by atoms with E-state index in [1.54, 1.807) is 4.90 Å². The minimum absolute atomic E-state index is 0.0736. The highest BCUT2D eigenvalue weighted by Crippen LogP contribution is 2.07. The molecule has 0 saturated carbocycles. The van der Waals surface area contributed by atoms with Crippen LogP contribution in [0.5, 0.6) is 0 Å². The molecule has 0 bridgehead atoms. The van der Waals surface area contributed by atoms with Gasteiger partial charge in [-0.05, 0) is 20.8 Å². The Morgan fingerprint density at radius 2 is 2.09 bits per heavy atom. The molecule has 2 nitrogen and oxygen atoms in total. The lowest BCUT2D eigenvalue weighted by Crippen LogP contribution is -2.33. The average Bonchev–Trinajstić information content (AvgIpc) is 1.81. The van der Waals surface area contributed by atoms with E-state index in [0.717, 1.165) is 5.57 Å². The highest BCUT2D eigenvalue weighted by atomic mass is 79.9. The van der Waals surface area contributed by atoms with Crippen molar-refractivity contribution >= 4 is 20.7 Å². The molecule has 1 amide bonds. The maximum atomic E-state index is 10.9. The molecule has 11 heavy (non-hydrogen) atoms. The number of nitrogens with zero attached hydrogens (tertiary/aromatic N) is 1. The van der Waals surface area contributed by atoms with Crippen LogP contribution in [0.3, 0.4) is 0 Å². The predicted molar refractivity (Wildman–Crippen MR) is 51.0 cm³/mol. The van der Waals surface area contributed by atoms with Crippen LogP contribution in [-0.2, 0) is 0 Å². The van der Waals surface area contributed by atoms with Crippen molar-refractivity contribution in [2.45, 2.75) is 26.8 Å². The first-order valence-corrected chi connectivity index (χ1v) is 4.35. The molecule has 0 N–H and O–H groups in total. The van der Waals surface area contributed by atoms with Crippen molar-refractivity contribution in [1.29, 1.82) is 0 Å². The molecule has 0 aliphatic rings. The number of amides is 1. The summed E-state index contributed by atoms with van der Waals surface area (Å²) in [6.45, 7) is 10.2. The van der Waals surface area contributed by atoms with Gasteiger partial charge >= 0.3 is 0 Å². The minimum Gasteiger partial charge on any atom is -0.327 e. The fourth-order valence-corrected chi connectivity index (χ4v) is 1.27. The Morgan fingerprint density at radius 1 is 1.64 bits per heavy atom. The second-order valence-corrected chi connectivity index (χ2v) is 3.61. The van der Waals surface area contributed by atoms with E-state index in [1.165, 1.54) is 0 Å². The first-order chi connectivity index (χ1) is 4.95. The third-order valence-corrected chi connectivity index (χ3v) is 1.74. The molecule has 0 aromatic carbocycles. The summed E-state index contributed by atoms with van der Waals surface area (Å²) in [5.74, 6) is 0. The lowest BCUT2D eigenvalue weighted by atomic mass is 10.3. The van der Waals surface area contributed by atoms with Crippen LogP contribution in [-0.4, -0.2) is 22.3 Å². The fraction of sp³-hybridized carbons (Fsp3) is 0.625. The second-order valence-electron chi connectivity index (χ2n) is 2.93. The van der Waals surface area contributed by atoms with Crippen LogP contribution in [0.15, 0.2) is 12.2 Å². The zero-order valence-electron chi connectivity index (χ0n) is 7.22. The van der Waals surface area contributed by atoms with Crippen molar-refractivity contribution in [1.82, 2.24) is 4.90 Å². The van der Waals surface area contributed by atoms with Crippen LogP contribution in [0.1, 0.15) is 20.8 Å². The summed E-state index contributed by atoms with van der Waals surface area (Å²) in [7, 11) is 0. The lowest BCUT2D eigenvalue weighted by Gasteiger charge is -2.24. The Bertz CT molecular complexity index is 165. The maximum Gasteiger partial charge on any atom is 0.290 e. The number of carbonyl (C=O) groups is 1. The van der Waals surface area contributed by atoms with Gasteiger partial charge in [0.1, 0.15) is 0 Å². The van der Waals surface area contributed by atoms with Gasteiger partial charge in [-0.25, -0.2) is 0 Å². The van der Waals surface area contributed by atoms with Gasteiger partial charge in [-0.2, -0.15) is 0 Å². The smallest absolute Gasteiger partial charge is 0.290 e. The first-order valence-electron chi connectivity index (χ1n) is 3.55. The zero-order chi connectivity index (χ0) is 9.02. The molecule has 3 heteroatoms. The highest BCUT2D eigenvalue weighted by Gasteiger charge is 2.12. The largest absolute Gasteiger partial charge is 0.327 e. The number of hydrogen-bond acceptors (Lipinski definition) is 1. The van der Waals surface area contributed by atoms with Crippen LogP contribution in [0.25, 0.3) is 0 Å². The van der Waals surface area contributed by atoms with E-state index in [0.29, 0.717) is 6.54 Å². The molecule has 0 aliphatic carbocycles. The SMILES string of the molecule is C=C(C)CN(C(=O)Br)C(C)C. The number of hydrogen-bond donors (Lipinski definition) is 0. The van der Waals surface area contributed by atoms with Gasteiger partial charge in [0.05, 0.1) is 0 Å². The Balaban J connectivity index is 4.12. The van der Waals surface area contributed by atoms with Gasteiger partial charge in [-0.1, -0.05) is 12.2 Å². The molecule has 0 saturated heterocycles. The third-order valence-electron chi connectivity index (χ3n) is 1.29. The quantitative estimate of drug-likeness (QED) is 0.407. The zero-order valence-corrected chi connectivity index (χ0v) is 8.81. The molecule has 0 unspecified atom stereocenters. The Labute approximate surface area is 76.4 Å². The van der Waals surface area contributed by atoms with Gasteiger partial charge in [0, 0.05) is 28.5 Å². The van der Waals surface area contributed by atoms with E-state index >= 15 is 0 Å². The maximum absolute atomic E-state index is 10.9. The molecule has 0 aromatic heterocycles. The van der Waals surface area contributed by atoms with Gasteiger partial charge in [-0.3, -0.25) is 4.79 Å². The van der Waals surface area contributed by atoms with Crippen LogP contribution in [0, 0.1) is 0 Å². The van der Waals surface area contributed by atoms with Crippen LogP contribution < -0.4 is 0 Å². The van der Waals surface area contributed by atoms with Crippen molar-refractivity contribution < 1.29 is 4.79 Å². The Morgan fingerprint density at radius 3 is 2.18 bits per heavy atom. The van der Waals surface area contributed by atoms with E-state index in [4.69, 9.17) is 0 Å². The summed E-state index contributed by atoms with van der Waals surface area (Å²) in [4.78, 5) is 12.6. The standard InChI is InChI=1S/C8H14BrNO/c1-6(2)5-10(7(3)4)8(9)11/h7H,1,5H2,2-4H3. The van der Waals surface area contributed by atoms with E-state index in [2.05, 4.69) is 22.5 Å². The summed E-state index contributed by atoms with van der Waals surface area (Å²) in [6.07, 6.45) is 0. The second kappa shape index (κ2) is 4.54. The molecule has 0 heterocycles. The van der Waals surface area contributed by atoms with Crippen molar-refractivity contribution in [3.63, 3.8) is 0 Å². The minimum atomic E-state index is -0.0736. The molecule has 0 fully saturated rings. The summed E-state index contributed by atoms with van der Waals surface area (Å²) >= 11 is 2.92.